The molecule has 1 N–H and O–H groups in total. The summed E-state index contributed by atoms with van der Waals surface area (Å²) in [4.78, 5) is 17.6. The summed E-state index contributed by atoms with van der Waals surface area (Å²) in [7, 11) is 1.62. The monoisotopic (exact) mass is 448 g/mol. The molecule has 0 radical (unpaired) electrons. The zero-order valence-electron chi connectivity index (χ0n) is 18.8. The molecule has 0 aliphatic rings. The minimum Gasteiger partial charge on any atom is -0.497 e. The third-order valence-corrected chi connectivity index (χ3v) is 5.78. The van der Waals surface area contributed by atoms with E-state index in [0.717, 1.165) is 28.2 Å². The number of imidazole rings is 1. The number of para-hydroxylation sites is 2. The fourth-order valence-corrected chi connectivity index (χ4v) is 4.10. The van der Waals surface area contributed by atoms with Crippen molar-refractivity contribution in [2.24, 2.45) is 5.10 Å². The molecule has 0 unspecified atom stereocenters. The molecule has 0 fully saturated rings. The molecule has 1 heterocycles. The number of carbonyl (C=O) groups excluding carboxylic acids is 1. The van der Waals surface area contributed by atoms with Crippen LogP contribution in [0.25, 0.3) is 21.8 Å². The van der Waals surface area contributed by atoms with Crippen LogP contribution in [0, 0.1) is 0 Å². The lowest BCUT2D eigenvalue weighted by Gasteiger charge is -2.10. The number of hydrogen-bond donors (Lipinski definition) is 1. The first-order chi connectivity index (χ1) is 16.7. The molecule has 5 aromatic rings. The predicted molar refractivity (Wildman–Crippen MR) is 135 cm³/mol. The Bertz CT molecular complexity index is 1480. The molecular formula is C28H24N4O2. The van der Waals surface area contributed by atoms with Gasteiger partial charge in [0, 0.05) is 6.42 Å². The zero-order valence-corrected chi connectivity index (χ0v) is 18.8. The van der Waals surface area contributed by atoms with Crippen LogP contribution >= 0.6 is 0 Å². The normalized spacial score (nSPS) is 11.3. The van der Waals surface area contributed by atoms with Crippen LogP contribution < -0.4 is 10.2 Å². The molecule has 5 rings (SSSR count). The summed E-state index contributed by atoms with van der Waals surface area (Å²) < 4.78 is 7.13. The van der Waals surface area contributed by atoms with Gasteiger partial charge in [-0.15, -0.1) is 0 Å². The van der Waals surface area contributed by atoms with Crippen molar-refractivity contribution in [2.75, 3.05) is 7.11 Å². The van der Waals surface area contributed by atoms with Gasteiger partial charge in [0.1, 0.15) is 18.1 Å². The van der Waals surface area contributed by atoms with Gasteiger partial charge in [-0.05, 0) is 58.3 Å². The summed E-state index contributed by atoms with van der Waals surface area (Å²) in [5, 5.41) is 6.49. The van der Waals surface area contributed by atoms with E-state index in [2.05, 4.69) is 40.9 Å². The number of amides is 1. The van der Waals surface area contributed by atoms with E-state index in [4.69, 9.17) is 9.72 Å². The Morgan fingerprint density at radius 2 is 1.74 bits per heavy atom. The van der Waals surface area contributed by atoms with Crippen molar-refractivity contribution in [1.29, 1.82) is 0 Å². The van der Waals surface area contributed by atoms with Crippen LogP contribution in [0.2, 0.25) is 0 Å². The van der Waals surface area contributed by atoms with E-state index in [-0.39, 0.29) is 12.5 Å². The van der Waals surface area contributed by atoms with Crippen molar-refractivity contribution in [3.63, 3.8) is 0 Å². The number of carbonyl (C=O) groups is 1. The van der Waals surface area contributed by atoms with Crippen LogP contribution in [0.4, 0.5) is 0 Å². The number of nitrogens with one attached hydrogen (secondary N) is 1. The van der Waals surface area contributed by atoms with Crippen molar-refractivity contribution >= 4 is 33.9 Å². The predicted octanol–water partition coefficient (Wildman–Crippen LogP) is 4.94. The molecule has 34 heavy (non-hydrogen) atoms. The zero-order chi connectivity index (χ0) is 23.3. The third-order valence-electron chi connectivity index (χ3n) is 5.78. The van der Waals surface area contributed by atoms with Gasteiger partial charge in [0.05, 0.1) is 24.4 Å². The minimum atomic E-state index is -0.216. The lowest BCUT2D eigenvalue weighted by atomic mass is 10.0. The number of nitrogens with zero attached hydrogens (tertiary/aromatic N) is 3. The van der Waals surface area contributed by atoms with Gasteiger partial charge in [0.15, 0.2) is 0 Å². The molecule has 6 heteroatoms. The van der Waals surface area contributed by atoms with Crippen LogP contribution in [-0.4, -0.2) is 28.8 Å². The van der Waals surface area contributed by atoms with Crippen LogP contribution in [0.15, 0.2) is 96.1 Å². The quantitative estimate of drug-likeness (QED) is 0.283. The molecule has 0 bridgehead atoms. The van der Waals surface area contributed by atoms with Gasteiger partial charge in [-0.25, -0.2) is 10.4 Å². The Balaban J connectivity index is 1.38. The Morgan fingerprint density at radius 1 is 0.971 bits per heavy atom. The van der Waals surface area contributed by atoms with E-state index in [1.807, 2.05) is 65.2 Å². The Morgan fingerprint density at radius 3 is 2.59 bits per heavy atom. The van der Waals surface area contributed by atoms with Gasteiger partial charge in [-0.3, -0.25) is 4.79 Å². The second kappa shape index (κ2) is 9.58. The largest absolute Gasteiger partial charge is 0.497 e. The highest BCUT2D eigenvalue weighted by Gasteiger charge is 2.15. The maximum absolute atomic E-state index is 12.8. The average Bonchev–Trinajstić information content (AvgIpc) is 3.21. The topological polar surface area (TPSA) is 68.5 Å². The molecular weight excluding hydrogens is 424 g/mol. The van der Waals surface area contributed by atoms with Crippen LogP contribution in [0.5, 0.6) is 5.75 Å². The molecule has 0 atom stereocenters. The molecule has 0 spiro atoms. The summed E-state index contributed by atoms with van der Waals surface area (Å²) in [6, 6.07) is 29.9. The molecule has 1 amide bonds. The van der Waals surface area contributed by atoms with E-state index < -0.39 is 0 Å². The summed E-state index contributed by atoms with van der Waals surface area (Å²) in [6.07, 6.45) is 2.23. The van der Waals surface area contributed by atoms with E-state index in [9.17, 15) is 4.79 Å². The highest BCUT2D eigenvalue weighted by atomic mass is 16.5. The molecule has 0 aliphatic carbocycles. The average molecular weight is 449 g/mol. The number of hydrazone groups is 1. The van der Waals surface area contributed by atoms with E-state index >= 15 is 0 Å². The fraction of sp³-hybridized carbons (Fsp3) is 0.107. The lowest BCUT2D eigenvalue weighted by Crippen LogP contribution is -2.24. The van der Waals surface area contributed by atoms with Gasteiger partial charge >= 0.3 is 0 Å². The Hall–Kier alpha value is -4.45. The van der Waals surface area contributed by atoms with Crippen LogP contribution in [0.3, 0.4) is 0 Å². The smallest absolute Gasteiger partial charge is 0.260 e. The second-order valence-electron chi connectivity index (χ2n) is 7.98. The van der Waals surface area contributed by atoms with Crippen LogP contribution in [-0.2, 0) is 17.8 Å². The molecule has 168 valence electrons. The van der Waals surface area contributed by atoms with Crippen molar-refractivity contribution in [1.82, 2.24) is 15.0 Å². The third kappa shape index (κ3) is 4.52. The van der Waals surface area contributed by atoms with Crippen molar-refractivity contribution in [3.05, 3.63) is 108 Å². The van der Waals surface area contributed by atoms with Crippen molar-refractivity contribution < 1.29 is 9.53 Å². The SMILES string of the molecule is COc1ccc(/C=N/NC(=O)Cn2c(Cc3cccc4ccccc34)nc3ccccc32)cc1. The fourth-order valence-electron chi connectivity index (χ4n) is 4.10. The molecule has 0 saturated heterocycles. The van der Waals surface area contributed by atoms with Crippen LogP contribution in [0.1, 0.15) is 17.0 Å². The van der Waals surface area contributed by atoms with E-state index in [1.165, 1.54) is 16.3 Å². The second-order valence-corrected chi connectivity index (χ2v) is 7.98. The van der Waals surface area contributed by atoms with Gasteiger partial charge in [-0.2, -0.15) is 5.10 Å². The van der Waals surface area contributed by atoms with Gasteiger partial charge in [0.2, 0.25) is 0 Å². The maximum Gasteiger partial charge on any atom is 0.260 e. The highest BCUT2D eigenvalue weighted by molar-refractivity contribution is 5.86. The van der Waals surface area contributed by atoms with Gasteiger partial charge in [0.25, 0.3) is 5.91 Å². The first-order valence-electron chi connectivity index (χ1n) is 11.1. The summed E-state index contributed by atoms with van der Waals surface area (Å²) in [6.45, 7) is 0.126. The van der Waals surface area contributed by atoms with Gasteiger partial charge < -0.3 is 9.30 Å². The van der Waals surface area contributed by atoms with E-state index in [0.29, 0.717) is 6.42 Å². The molecule has 0 aliphatic heterocycles. The lowest BCUT2D eigenvalue weighted by molar-refractivity contribution is -0.121. The summed E-state index contributed by atoms with van der Waals surface area (Å²) >= 11 is 0. The molecule has 0 saturated carbocycles. The number of methoxy groups -OCH3 is 1. The van der Waals surface area contributed by atoms with Crippen molar-refractivity contribution in [2.45, 2.75) is 13.0 Å². The summed E-state index contributed by atoms with van der Waals surface area (Å²) in [5.41, 5.74) is 6.47. The first-order valence-corrected chi connectivity index (χ1v) is 11.1. The Kier molecular flexibility index (Phi) is 6.03. The molecule has 4 aromatic carbocycles. The number of fused-ring (bicyclic) bond motifs is 2. The molecule has 1 aromatic heterocycles. The summed E-state index contributed by atoms with van der Waals surface area (Å²) in [5.74, 6) is 1.39. The maximum atomic E-state index is 12.8. The number of benzene rings is 4. The minimum absolute atomic E-state index is 0.126. The van der Waals surface area contributed by atoms with Gasteiger partial charge in [-0.1, -0.05) is 54.6 Å². The molecule has 6 nitrogen and oxygen atoms in total. The highest BCUT2D eigenvalue weighted by Crippen LogP contribution is 2.23. The number of hydrogen-bond acceptors (Lipinski definition) is 4. The number of aromatic nitrogens is 2. The number of rotatable bonds is 7. The number of ether oxygens (including phenoxy) is 1. The standard InChI is InChI=1S/C28H24N4O2/c1-34-23-15-13-20(14-16-23)18-29-31-28(33)19-32-26-12-5-4-11-25(26)30-27(32)17-22-9-6-8-21-7-2-3-10-24(21)22/h2-16,18H,17,19H2,1H3,(H,31,33)/b29-18+. The van der Waals surface area contributed by atoms with E-state index in [1.54, 1.807) is 13.3 Å². The van der Waals surface area contributed by atoms with Crippen molar-refractivity contribution in [3.8, 4) is 5.75 Å². The Labute approximate surface area is 197 Å². The first kappa shape index (κ1) is 21.4.